The molecule has 15 heavy (non-hydrogen) atoms. The van der Waals surface area contributed by atoms with Gasteiger partial charge in [0.1, 0.15) is 0 Å². The number of methoxy groups -OCH3 is 1. The monoisotopic (exact) mass is 232 g/mol. The van der Waals surface area contributed by atoms with Gasteiger partial charge >= 0.3 is 5.97 Å². The van der Waals surface area contributed by atoms with Crippen LogP contribution in [0.25, 0.3) is 0 Å². The molecule has 0 fully saturated rings. The molecule has 0 unspecified atom stereocenters. The minimum Gasteiger partial charge on any atom is -0.478 e. The number of aromatic nitrogens is 2. The van der Waals surface area contributed by atoms with Crippen molar-refractivity contribution in [1.29, 1.82) is 0 Å². The van der Waals surface area contributed by atoms with Gasteiger partial charge in [-0.05, 0) is 6.42 Å². The Hall–Kier alpha value is -1.23. The average Bonchev–Trinajstić information content (AvgIpc) is 2.60. The number of halogens is 1. The fourth-order valence-corrected chi connectivity index (χ4v) is 1.13. The van der Waals surface area contributed by atoms with E-state index in [1.165, 1.54) is 11.8 Å². The van der Waals surface area contributed by atoms with Crippen molar-refractivity contribution in [3.05, 3.63) is 11.8 Å². The SMILES string of the molecule is COC(=O)c1cc(OCCCCl)n(C)n1. The van der Waals surface area contributed by atoms with Crippen LogP contribution in [0.3, 0.4) is 0 Å². The average molecular weight is 233 g/mol. The molecule has 0 bridgehead atoms. The van der Waals surface area contributed by atoms with Crippen molar-refractivity contribution in [3.63, 3.8) is 0 Å². The summed E-state index contributed by atoms with van der Waals surface area (Å²) >= 11 is 5.51. The minimum atomic E-state index is -0.474. The van der Waals surface area contributed by atoms with Gasteiger partial charge in [0, 0.05) is 19.0 Å². The first kappa shape index (κ1) is 11.8. The van der Waals surface area contributed by atoms with Crippen LogP contribution in [0.4, 0.5) is 0 Å². The van der Waals surface area contributed by atoms with Gasteiger partial charge in [0.15, 0.2) is 5.69 Å². The number of hydrogen-bond acceptors (Lipinski definition) is 4. The second-order valence-corrected chi connectivity index (χ2v) is 3.25. The Kier molecular flexibility index (Phi) is 4.42. The number of rotatable bonds is 5. The minimum absolute atomic E-state index is 0.237. The van der Waals surface area contributed by atoms with E-state index < -0.39 is 5.97 Å². The molecule has 5 nitrogen and oxygen atoms in total. The van der Waals surface area contributed by atoms with E-state index in [1.807, 2.05) is 0 Å². The molecule has 0 aliphatic heterocycles. The predicted octanol–water partition coefficient (Wildman–Crippen LogP) is 1.21. The Morgan fingerprint density at radius 3 is 3.00 bits per heavy atom. The normalized spacial score (nSPS) is 10.1. The highest BCUT2D eigenvalue weighted by Crippen LogP contribution is 2.12. The number of carbonyl (C=O) groups is 1. The molecule has 0 amide bonds. The lowest BCUT2D eigenvalue weighted by Gasteiger charge is -2.03. The molecule has 84 valence electrons. The maximum Gasteiger partial charge on any atom is 0.358 e. The Morgan fingerprint density at radius 2 is 2.40 bits per heavy atom. The molecule has 0 N–H and O–H groups in total. The Bertz CT molecular complexity index is 338. The molecular formula is C9H13ClN2O3. The summed E-state index contributed by atoms with van der Waals surface area (Å²) in [6, 6.07) is 1.54. The summed E-state index contributed by atoms with van der Waals surface area (Å²) in [7, 11) is 3.01. The zero-order valence-corrected chi connectivity index (χ0v) is 9.45. The maximum absolute atomic E-state index is 11.1. The van der Waals surface area contributed by atoms with Crippen LogP contribution in [0.15, 0.2) is 6.07 Å². The van der Waals surface area contributed by atoms with Gasteiger partial charge in [0.25, 0.3) is 0 Å². The van der Waals surface area contributed by atoms with Gasteiger partial charge in [-0.3, -0.25) is 0 Å². The van der Waals surface area contributed by atoms with Crippen LogP contribution in [-0.4, -0.2) is 35.3 Å². The summed E-state index contributed by atoms with van der Waals surface area (Å²) in [6.07, 6.45) is 0.750. The van der Waals surface area contributed by atoms with Crippen molar-refractivity contribution in [2.75, 3.05) is 19.6 Å². The van der Waals surface area contributed by atoms with Gasteiger partial charge in [-0.1, -0.05) is 0 Å². The van der Waals surface area contributed by atoms with Crippen molar-refractivity contribution >= 4 is 17.6 Å². The number of hydrogen-bond donors (Lipinski definition) is 0. The summed E-state index contributed by atoms with van der Waals surface area (Å²) < 4.78 is 11.4. The lowest BCUT2D eigenvalue weighted by molar-refractivity contribution is 0.0593. The first-order chi connectivity index (χ1) is 7.19. The molecule has 6 heteroatoms. The van der Waals surface area contributed by atoms with E-state index in [0.29, 0.717) is 18.4 Å². The number of ether oxygens (including phenoxy) is 2. The van der Waals surface area contributed by atoms with E-state index >= 15 is 0 Å². The van der Waals surface area contributed by atoms with E-state index in [-0.39, 0.29) is 5.69 Å². The first-order valence-corrected chi connectivity index (χ1v) is 5.03. The molecule has 1 heterocycles. The molecule has 0 saturated heterocycles. The maximum atomic E-state index is 11.1. The van der Waals surface area contributed by atoms with E-state index in [9.17, 15) is 4.79 Å². The lowest BCUT2D eigenvalue weighted by atomic mass is 10.4. The highest BCUT2D eigenvalue weighted by atomic mass is 35.5. The zero-order chi connectivity index (χ0) is 11.3. The Morgan fingerprint density at radius 1 is 1.67 bits per heavy atom. The van der Waals surface area contributed by atoms with Crippen molar-refractivity contribution in [1.82, 2.24) is 9.78 Å². The summed E-state index contributed by atoms with van der Waals surface area (Å²) in [6.45, 7) is 0.504. The number of aryl methyl sites for hydroxylation is 1. The standard InChI is InChI=1S/C9H13ClN2O3/c1-12-8(15-5-3-4-10)6-7(11-12)9(13)14-2/h6H,3-5H2,1-2H3. The van der Waals surface area contributed by atoms with Crippen LogP contribution >= 0.6 is 11.6 Å². The molecule has 1 aromatic heterocycles. The van der Waals surface area contributed by atoms with E-state index in [1.54, 1.807) is 13.1 Å². The lowest BCUT2D eigenvalue weighted by Crippen LogP contribution is -2.04. The Labute approximate surface area is 92.9 Å². The molecule has 0 radical (unpaired) electrons. The second kappa shape index (κ2) is 5.60. The van der Waals surface area contributed by atoms with Gasteiger partial charge in [-0.25, -0.2) is 9.48 Å². The molecule has 0 saturated carbocycles. The largest absolute Gasteiger partial charge is 0.478 e. The number of alkyl halides is 1. The molecule has 1 aromatic rings. The molecule has 0 aromatic carbocycles. The third kappa shape index (κ3) is 3.13. The molecule has 0 aliphatic carbocycles. The number of carbonyl (C=O) groups excluding carboxylic acids is 1. The van der Waals surface area contributed by atoms with Gasteiger partial charge in [-0.2, -0.15) is 5.10 Å². The summed E-state index contributed by atoms with van der Waals surface area (Å²) in [5, 5.41) is 3.94. The summed E-state index contributed by atoms with van der Waals surface area (Å²) in [5.74, 6) is 0.597. The molecule has 0 aliphatic rings. The van der Waals surface area contributed by atoms with Gasteiger partial charge in [0.2, 0.25) is 5.88 Å². The van der Waals surface area contributed by atoms with Crippen LogP contribution in [0.2, 0.25) is 0 Å². The van der Waals surface area contributed by atoms with Gasteiger partial charge in [-0.15, -0.1) is 11.6 Å². The fraction of sp³-hybridized carbons (Fsp3) is 0.556. The number of nitrogens with zero attached hydrogens (tertiary/aromatic N) is 2. The van der Waals surface area contributed by atoms with Gasteiger partial charge < -0.3 is 9.47 Å². The van der Waals surface area contributed by atoms with Crippen LogP contribution < -0.4 is 4.74 Å². The molecule has 0 atom stereocenters. The van der Waals surface area contributed by atoms with Crippen molar-refractivity contribution in [2.24, 2.45) is 7.05 Å². The first-order valence-electron chi connectivity index (χ1n) is 4.50. The van der Waals surface area contributed by atoms with Gasteiger partial charge in [0.05, 0.1) is 13.7 Å². The smallest absolute Gasteiger partial charge is 0.358 e. The van der Waals surface area contributed by atoms with Crippen LogP contribution in [0.5, 0.6) is 5.88 Å². The zero-order valence-electron chi connectivity index (χ0n) is 8.70. The van der Waals surface area contributed by atoms with E-state index in [0.717, 1.165) is 6.42 Å². The highest BCUT2D eigenvalue weighted by Gasteiger charge is 2.13. The predicted molar refractivity (Wildman–Crippen MR) is 55.4 cm³/mol. The van der Waals surface area contributed by atoms with Crippen molar-refractivity contribution < 1.29 is 14.3 Å². The van der Waals surface area contributed by atoms with E-state index in [4.69, 9.17) is 16.3 Å². The van der Waals surface area contributed by atoms with Crippen molar-refractivity contribution in [2.45, 2.75) is 6.42 Å². The molecule has 0 spiro atoms. The summed E-state index contributed by atoms with van der Waals surface area (Å²) in [5.41, 5.74) is 0.237. The van der Waals surface area contributed by atoms with Crippen molar-refractivity contribution in [3.8, 4) is 5.88 Å². The highest BCUT2D eigenvalue weighted by molar-refractivity contribution is 6.17. The topological polar surface area (TPSA) is 53.4 Å². The van der Waals surface area contributed by atoms with E-state index in [2.05, 4.69) is 9.84 Å². The van der Waals surface area contributed by atoms with Crippen LogP contribution in [-0.2, 0) is 11.8 Å². The summed E-state index contributed by atoms with van der Waals surface area (Å²) in [4.78, 5) is 11.1. The second-order valence-electron chi connectivity index (χ2n) is 2.87. The number of esters is 1. The molecular weight excluding hydrogens is 220 g/mol. The Balaban J connectivity index is 2.64. The quantitative estimate of drug-likeness (QED) is 0.435. The fourth-order valence-electron chi connectivity index (χ4n) is 1.02. The van der Waals surface area contributed by atoms with Crippen LogP contribution in [0.1, 0.15) is 16.9 Å². The molecule has 1 rings (SSSR count). The third-order valence-electron chi connectivity index (χ3n) is 1.76. The van der Waals surface area contributed by atoms with Crippen LogP contribution in [0, 0.1) is 0 Å². The third-order valence-corrected chi connectivity index (χ3v) is 2.03.